The predicted molar refractivity (Wildman–Crippen MR) is 64.5 cm³/mol. The molecule has 14 heavy (non-hydrogen) atoms. The van der Waals surface area contributed by atoms with Gasteiger partial charge in [-0.05, 0) is 48.3 Å². The molecule has 0 aliphatic heterocycles. The van der Waals surface area contributed by atoms with Gasteiger partial charge in [0.05, 0.1) is 0 Å². The Hall–Kier alpha value is 0. The average Bonchev–Trinajstić information content (AvgIpc) is 2.19. The van der Waals surface area contributed by atoms with E-state index in [4.69, 9.17) is 4.74 Å². The highest BCUT2D eigenvalue weighted by molar-refractivity contribution is 14.1. The minimum atomic E-state index is -0.280. The zero-order chi connectivity index (χ0) is 10.4. The number of ether oxygens (including phenoxy) is 1. The van der Waals surface area contributed by atoms with Gasteiger partial charge in [-0.15, -0.1) is 0 Å². The van der Waals surface area contributed by atoms with E-state index in [-0.39, 0.29) is 12.1 Å². The number of hydrogen-bond acceptors (Lipinski definition) is 2. The van der Waals surface area contributed by atoms with Crippen molar-refractivity contribution in [3.63, 3.8) is 0 Å². The second kappa shape index (κ2) is 6.48. The quantitative estimate of drug-likeness (QED) is 0.642. The lowest BCUT2D eigenvalue weighted by Crippen LogP contribution is -2.39. The van der Waals surface area contributed by atoms with E-state index in [0.29, 0.717) is 10.5 Å². The maximum Gasteiger partial charge on any atom is 0.408 e. The van der Waals surface area contributed by atoms with Crippen molar-refractivity contribution in [1.29, 1.82) is 0 Å². The van der Waals surface area contributed by atoms with Gasteiger partial charge in [-0.3, -0.25) is 0 Å². The van der Waals surface area contributed by atoms with Crippen LogP contribution in [0.25, 0.3) is 0 Å². The summed E-state index contributed by atoms with van der Waals surface area (Å²) in [6, 6.07) is 0.255. The summed E-state index contributed by atoms with van der Waals surface area (Å²) in [5, 5.41) is 2.88. The Morgan fingerprint density at radius 1 is 1.50 bits per heavy atom. The third kappa shape index (κ3) is 4.02. The summed E-state index contributed by atoms with van der Waals surface area (Å²) in [4.78, 5) is 11.2. The Morgan fingerprint density at radius 2 is 2.14 bits per heavy atom. The summed E-state index contributed by atoms with van der Waals surface area (Å²) in [6.45, 7) is 2.07. The van der Waals surface area contributed by atoms with Crippen LogP contribution in [0.1, 0.15) is 39.0 Å². The number of hydrogen-bond donors (Lipinski definition) is 1. The molecular weight excluding hydrogens is 293 g/mol. The maximum absolute atomic E-state index is 11.2. The molecule has 1 N–H and O–H groups in total. The summed E-state index contributed by atoms with van der Waals surface area (Å²) in [5.74, 6) is 0.644. The van der Waals surface area contributed by atoms with E-state index in [2.05, 4.69) is 12.2 Å². The van der Waals surface area contributed by atoms with Crippen LogP contribution in [0.3, 0.4) is 0 Å². The molecule has 0 radical (unpaired) electrons. The van der Waals surface area contributed by atoms with Crippen LogP contribution >= 0.6 is 22.6 Å². The molecule has 1 rings (SSSR count). The monoisotopic (exact) mass is 311 g/mol. The Bertz CT molecular complexity index is 181. The Labute approximate surface area is 99.1 Å². The van der Waals surface area contributed by atoms with E-state index in [1.807, 2.05) is 22.6 Å². The van der Waals surface area contributed by atoms with Gasteiger partial charge in [0.1, 0.15) is 4.61 Å². The fraction of sp³-hybridized carbons (Fsp3) is 0.900. The van der Waals surface area contributed by atoms with E-state index < -0.39 is 0 Å². The molecule has 4 heteroatoms. The van der Waals surface area contributed by atoms with Crippen molar-refractivity contribution in [2.45, 2.75) is 45.1 Å². The first-order valence-electron chi connectivity index (χ1n) is 5.23. The van der Waals surface area contributed by atoms with Crippen LogP contribution in [0.2, 0.25) is 0 Å². The Balaban J connectivity index is 2.25. The number of carbonyl (C=O) groups is 1. The summed E-state index contributed by atoms with van der Waals surface area (Å²) in [5.41, 5.74) is 0. The van der Waals surface area contributed by atoms with Crippen molar-refractivity contribution < 1.29 is 9.53 Å². The number of alkyl carbamates (subject to hydrolysis) is 1. The van der Waals surface area contributed by atoms with Crippen LogP contribution < -0.4 is 5.32 Å². The second-order valence-electron chi connectivity index (χ2n) is 3.87. The highest BCUT2D eigenvalue weighted by atomic mass is 127. The standard InChI is InChI=1S/C10H18INO2/c1-8(12-10(13)14-7-11)9-5-3-2-4-6-9/h8-9H,2-7H2,1H3,(H,12,13)/t8-/m1/s1. The number of amides is 1. The minimum absolute atomic E-state index is 0.255. The summed E-state index contributed by atoms with van der Waals surface area (Å²) in [6.07, 6.45) is 6.16. The molecule has 0 heterocycles. The molecular formula is C10H18INO2. The zero-order valence-electron chi connectivity index (χ0n) is 8.59. The van der Waals surface area contributed by atoms with E-state index in [1.165, 1.54) is 32.1 Å². The molecule has 82 valence electrons. The van der Waals surface area contributed by atoms with Gasteiger partial charge in [0.2, 0.25) is 0 Å². The smallest absolute Gasteiger partial charge is 0.408 e. The summed E-state index contributed by atoms with van der Waals surface area (Å²) in [7, 11) is 0. The second-order valence-corrected chi connectivity index (χ2v) is 4.49. The van der Waals surface area contributed by atoms with Crippen molar-refractivity contribution in [2.24, 2.45) is 5.92 Å². The van der Waals surface area contributed by atoms with E-state index in [1.54, 1.807) is 0 Å². The van der Waals surface area contributed by atoms with Gasteiger partial charge in [0.25, 0.3) is 0 Å². The first-order chi connectivity index (χ1) is 6.74. The number of carbonyl (C=O) groups excluding carboxylic acids is 1. The van der Waals surface area contributed by atoms with E-state index in [9.17, 15) is 4.79 Å². The van der Waals surface area contributed by atoms with Crippen molar-refractivity contribution in [2.75, 3.05) is 4.61 Å². The van der Waals surface area contributed by atoms with Crippen LogP contribution in [0, 0.1) is 5.92 Å². The van der Waals surface area contributed by atoms with Gasteiger partial charge in [-0.2, -0.15) is 0 Å². The fourth-order valence-electron chi connectivity index (χ4n) is 2.03. The first kappa shape index (κ1) is 12.1. The lowest BCUT2D eigenvalue weighted by atomic mass is 9.85. The highest BCUT2D eigenvalue weighted by Crippen LogP contribution is 2.26. The molecule has 0 unspecified atom stereocenters. The molecule has 0 aromatic rings. The van der Waals surface area contributed by atoms with Crippen LogP contribution in [0.15, 0.2) is 0 Å². The van der Waals surface area contributed by atoms with Crippen LogP contribution in [0.4, 0.5) is 4.79 Å². The van der Waals surface area contributed by atoms with Crippen molar-refractivity contribution in [1.82, 2.24) is 5.32 Å². The number of rotatable bonds is 3. The number of alkyl halides is 1. The first-order valence-corrected chi connectivity index (χ1v) is 6.76. The molecule has 1 fully saturated rings. The molecule has 3 nitrogen and oxygen atoms in total. The third-order valence-corrected chi connectivity index (χ3v) is 3.20. The van der Waals surface area contributed by atoms with Crippen molar-refractivity contribution in [3.8, 4) is 0 Å². The lowest BCUT2D eigenvalue weighted by Gasteiger charge is -2.27. The Kier molecular flexibility index (Phi) is 5.59. The molecule has 1 saturated carbocycles. The van der Waals surface area contributed by atoms with Gasteiger partial charge in [0, 0.05) is 6.04 Å². The molecule has 1 aliphatic carbocycles. The average molecular weight is 311 g/mol. The van der Waals surface area contributed by atoms with Gasteiger partial charge in [-0.1, -0.05) is 19.3 Å². The summed E-state index contributed by atoms with van der Waals surface area (Å²) < 4.78 is 5.26. The highest BCUT2D eigenvalue weighted by Gasteiger charge is 2.21. The normalized spacial score (nSPS) is 20.1. The van der Waals surface area contributed by atoms with Crippen LogP contribution in [-0.2, 0) is 4.74 Å². The molecule has 1 amide bonds. The fourth-order valence-corrected chi connectivity index (χ4v) is 2.31. The van der Waals surface area contributed by atoms with Crippen LogP contribution in [0.5, 0.6) is 0 Å². The Morgan fingerprint density at radius 3 is 2.71 bits per heavy atom. The van der Waals surface area contributed by atoms with Crippen LogP contribution in [-0.4, -0.2) is 16.7 Å². The largest absolute Gasteiger partial charge is 0.439 e. The number of halogens is 1. The zero-order valence-corrected chi connectivity index (χ0v) is 10.7. The molecule has 1 aliphatic rings. The van der Waals surface area contributed by atoms with Crippen molar-refractivity contribution >= 4 is 28.7 Å². The third-order valence-electron chi connectivity index (χ3n) is 2.89. The van der Waals surface area contributed by atoms with Gasteiger partial charge >= 0.3 is 6.09 Å². The van der Waals surface area contributed by atoms with Crippen molar-refractivity contribution in [3.05, 3.63) is 0 Å². The molecule has 0 saturated heterocycles. The van der Waals surface area contributed by atoms with Gasteiger partial charge in [-0.25, -0.2) is 4.79 Å². The molecule has 0 aromatic carbocycles. The topological polar surface area (TPSA) is 38.3 Å². The molecule has 0 aromatic heterocycles. The maximum atomic E-state index is 11.2. The molecule has 1 atom stereocenters. The van der Waals surface area contributed by atoms with Gasteiger partial charge < -0.3 is 10.1 Å². The van der Waals surface area contributed by atoms with E-state index in [0.717, 1.165) is 0 Å². The predicted octanol–water partition coefficient (Wildman–Crippen LogP) is 3.07. The summed E-state index contributed by atoms with van der Waals surface area (Å²) >= 11 is 2.02. The van der Waals surface area contributed by atoms with Gasteiger partial charge in [0.15, 0.2) is 0 Å². The SMILES string of the molecule is C[C@@H](NC(=O)OCI)C1CCCCC1. The van der Waals surface area contributed by atoms with E-state index >= 15 is 0 Å². The lowest BCUT2D eigenvalue weighted by molar-refractivity contribution is 0.157. The number of nitrogens with one attached hydrogen (secondary N) is 1. The molecule has 0 spiro atoms. The molecule has 0 bridgehead atoms. The minimum Gasteiger partial charge on any atom is -0.439 e.